The highest BCUT2D eigenvalue weighted by Crippen LogP contribution is 2.41. The molecule has 4 bridgehead atoms. The van der Waals surface area contributed by atoms with E-state index < -0.39 is 37.5 Å². The van der Waals surface area contributed by atoms with Gasteiger partial charge in [0.1, 0.15) is 16.6 Å². The fraction of sp³-hybridized carbons (Fsp3) is 0.508. The van der Waals surface area contributed by atoms with E-state index in [-0.39, 0.29) is 55.5 Å². The second-order valence-electron chi connectivity index (χ2n) is 25.7. The molecule has 2 saturated heterocycles. The van der Waals surface area contributed by atoms with Gasteiger partial charge in [0.25, 0.3) is 31.9 Å². The molecular formula is C59H79ClN8O8S2. The first-order chi connectivity index (χ1) is 36.1. The molecule has 2 N–H and O–H groups in total. The molecule has 7 heterocycles. The van der Waals surface area contributed by atoms with Crippen LogP contribution in [0, 0.1) is 11.8 Å². The predicted octanol–water partition coefficient (Wildman–Crippen LogP) is 12.0. The SMILES string of the molecule is CC(C)(C)OC(=O)N1C[C@@H](CCCn2ccc3ccc(S(=O)(=O)NC(=O)c4ccc(C(C)(C)C)nc4Cl)cc32)CC1(C)C.CC(C)(C)c1ccc2c(n1)N1C[C@@H](CCCn3ccc4ccc(cc43)S(=O)(=O)NC2=O)CC1(C)C.[HH]. The first-order valence-corrected chi connectivity index (χ1v) is 30.3. The van der Waals surface area contributed by atoms with Crippen molar-refractivity contribution in [3.8, 4) is 0 Å². The summed E-state index contributed by atoms with van der Waals surface area (Å²) in [7, 11) is -8.24. The fourth-order valence-corrected chi connectivity index (χ4v) is 13.3. The van der Waals surface area contributed by atoms with Crippen LogP contribution in [0.3, 0.4) is 0 Å². The van der Waals surface area contributed by atoms with Gasteiger partial charge in [0.05, 0.1) is 20.9 Å². The molecule has 2 fully saturated rings. The van der Waals surface area contributed by atoms with Gasteiger partial charge in [0, 0.05) is 84.3 Å². The fourth-order valence-electron chi connectivity index (χ4n) is 11.1. The maximum atomic E-state index is 13.5. The van der Waals surface area contributed by atoms with Crippen LogP contribution in [0.1, 0.15) is 162 Å². The average Bonchev–Trinajstić information content (AvgIpc) is 4.09. The van der Waals surface area contributed by atoms with Gasteiger partial charge in [-0.2, -0.15) is 0 Å². The quantitative estimate of drug-likeness (QED) is 0.144. The number of amides is 3. The van der Waals surface area contributed by atoms with Crippen LogP contribution >= 0.6 is 11.6 Å². The zero-order valence-corrected chi connectivity index (χ0v) is 49.8. The van der Waals surface area contributed by atoms with Crippen LogP contribution in [0.15, 0.2) is 95.0 Å². The molecule has 0 spiro atoms. The summed E-state index contributed by atoms with van der Waals surface area (Å²) >= 11 is 6.25. The van der Waals surface area contributed by atoms with E-state index in [0.717, 1.165) is 79.1 Å². The number of aryl methyl sites for hydroxylation is 2. The maximum absolute atomic E-state index is 13.5. The highest BCUT2D eigenvalue weighted by atomic mass is 35.5. The third-order valence-corrected chi connectivity index (χ3v) is 18.1. The van der Waals surface area contributed by atoms with Crippen LogP contribution in [0.25, 0.3) is 21.8 Å². The van der Waals surface area contributed by atoms with Crippen LogP contribution in [-0.4, -0.2) is 88.5 Å². The Hall–Kier alpha value is -5.98. The van der Waals surface area contributed by atoms with Gasteiger partial charge in [0.2, 0.25) is 0 Å². The van der Waals surface area contributed by atoms with Gasteiger partial charge in [-0.05, 0) is 170 Å². The third kappa shape index (κ3) is 12.9. The number of carbonyl (C=O) groups excluding carboxylic acids is 3. The number of carbonyl (C=O) groups is 3. The Morgan fingerprint density at radius 2 is 1.47 bits per heavy atom. The molecule has 422 valence electrons. The normalized spacial score (nSPS) is 19.4. The lowest BCUT2D eigenvalue weighted by atomic mass is 9.91. The van der Waals surface area contributed by atoms with Crippen LogP contribution in [-0.2, 0) is 48.7 Å². The number of pyridine rings is 2. The largest absolute Gasteiger partial charge is 0.444 e. The van der Waals surface area contributed by atoms with E-state index in [4.69, 9.17) is 21.3 Å². The summed E-state index contributed by atoms with van der Waals surface area (Å²) in [5.74, 6) is -0.123. The lowest BCUT2D eigenvalue weighted by Gasteiger charge is -2.34. The first kappa shape index (κ1) is 58.2. The van der Waals surface area contributed by atoms with Gasteiger partial charge >= 0.3 is 6.09 Å². The van der Waals surface area contributed by atoms with Crippen molar-refractivity contribution < 1.29 is 37.4 Å². The van der Waals surface area contributed by atoms with Gasteiger partial charge < -0.3 is 23.7 Å². The van der Waals surface area contributed by atoms with Gasteiger partial charge in [-0.25, -0.2) is 41.0 Å². The second-order valence-corrected chi connectivity index (χ2v) is 29.4. The van der Waals surface area contributed by atoms with Crippen molar-refractivity contribution in [3.63, 3.8) is 0 Å². The minimum Gasteiger partial charge on any atom is -0.444 e. The van der Waals surface area contributed by atoms with E-state index in [0.29, 0.717) is 36.4 Å². The number of nitrogens with one attached hydrogen (secondary N) is 2. The zero-order chi connectivity index (χ0) is 57.1. The molecule has 0 aliphatic carbocycles. The molecule has 3 amide bonds. The van der Waals surface area contributed by atoms with Crippen molar-refractivity contribution in [3.05, 3.63) is 113 Å². The molecule has 6 aromatic rings. The molecule has 0 unspecified atom stereocenters. The smallest absolute Gasteiger partial charge is 0.410 e. The molecule has 4 aromatic heterocycles. The number of hydrogen-bond acceptors (Lipinski definition) is 11. The number of sulfonamides is 2. The Balaban J connectivity index is 0.000000230. The van der Waals surface area contributed by atoms with E-state index in [1.54, 1.807) is 42.5 Å². The number of hydrogen-bond donors (Lipinski definition) is 2. The molecule has 3 aliphatic rings. The summed E-state index contributed by atoms with van der Waals surface area (Å²) in [6.07, 6.45) is 9.37. The van der Waals surface area contributed by atoms with Gasteiger partial charge in [-0.1, -0.05) is 65.3 Å². The van der Waals surface area contributed by atoms with Crippen molar-refractivity contribution in [1.29, 1.82) is 0 Å². The highest BCUT2D eigenvalue weighted by Gasteiger charge is 2.43. The number of anilines is 1. The molecule has 2 atom stereocenters. The van der Waals surface area contributed by atoms with Gasteiger partial charge in [0.15, 0.2) is 0 Å². The van der Waals surface area contributed by atoms with Crippen LogP contribution < -0.4 is 14.3 Å². The molecule has 0 radical (unpaired) electrons. The van der Waals surface area contributed by atoms with Gasteiger partial charge in [-0.15, -0.1) is 0 Å². The Labute approximate surface area is 467 Å². The Kier molecular flexibility index (Phi) is 15.8. The van der Waals surface area contributed by atoms with Gasteiger partial charge in [-0.3, -0.25) is 9.59 Å². The number of nitrogens with zero attached hydrogens (tertiary/aromatic N) is 6. The number of ether oxygens (including phenoxy) is 1. The Morgan fingerprint density at radius 3 is 2.15 bits per heavy atom. The summed E-state index contributed by atoms with van der Waals surface area (Å²) in [4.78, 5) is 52.5. The summed E-state index contributed by atoms with van der Waals surface area (Å²) in [5, 5.41) is 1.83. The number of rotatable bonds is 7. The lowest BCUT2D eigenvalue weighted by Crippen LogP contribution is -2.45. The standard InChI is InChI=1S/C32H43ClN4O5S.C27H34N4O3S.H2/c1-30(2,3)26-14-13-24(27(33)34-26)28(38)35-43(40,41)23-12-11-22-15-17-36(25(22)18-23)16-9-10-21-19-32(7,8)37(20-21)29(39)42-31(4,5)6;1-26(2,3)23-11-10-21-24(28-23)31-17-18(16-27(31,4)5)7-6-13-30-14-12-19-8-9-20(15-22(19)30)35(33,34)29-25(21)32;/h11-15,17-18,21H,9-10,16,19-20H2,1-8H3,(H,35,38);8-12,14-15,18H,6-7,13,16-17H2,1-5H3,(H,29,32);1H/t21-;18-;/m00./s1. The zero-order valence-electron chi connectivity index (χ0n) is 47.5. The first-order valence-electron chi connectivity index (χ1n) is 26.9. The van der Waals surface area contributed by atoms with Crippen molar-refractivity contribution in [1.82, 2.24) is 33.4 Å². The molecular weight excluding hydrogens is 1050 g/mol. The summed E-state index contributed by atoms with van der Waals surface area (Å²) < 4.78 is 67.2. The molecule has 9 rings (SSSR count). The number of halogens is 1. The minimum atomic E-state index is -4.17. The summed E-state index contributed by atoms with van der Waals surface area (Å²) in [6.45, 7) is 29.2. The Morgan fingerprint density at radius 1 is 0.821 bits per heavy atom. The third-order valence-electron chi connectivity index (χ3n) is 15.1. The highest BCUT2D eigenvalue weighted by molar-refractivity contribution is 7.90. The van der Waals surface area contributed by atoms with Crippen molar-refractivity contribution in [2.24, 2.45) is 11.8 Å². The van der Waals surface area contributed by atoms with E-state index in [2.05, 4.69) is 72.4 Å². The van der Waals surface area contributed by atoms with E-state index >= 15 is 0 Å². The average molecular weight is 1130 g/mol. The molecule has 0 saturated carbocycles. The molecule has 3 aliphatic heterocycles. The maximum Gasteiger partial charge on any atom is 0.410 e. The van der Waals surface area contributed by atoms with Crippen LogP contribution in [0.5, 0.6) is 0 Å². The number of aromatic nitrogens is 4. The monoisotopic (exact) mass is 1130 g/mol. The number of likely N-dealkylation sites (tertiary alicyclic amines) is 1. The van der Waals surface area contributed by atoms with Crippen LogP contribution in [0.2, 0.25) is 5.15 Å². The van der Waals surface area contributed by atoms with Crippen LogP contribution in [0.4, 0.5) is 10.6 Å². The molecule has 2 aromatic carbocycles. The van der Waals surface area contributed by atoms with Crippen molar-refractivity contribution in [2.75, 3.05) is 18.0 Å². The predicted molar refractivity (Wildman–Crippen MR) is 309 cm³/mol. The van der Waals surface area contributed by atoms with E-state index in [9.17, 15) is 31.2 Å². The number of benzene rings is 2. The van der Waals surface area contributed by atoms with E-state index in [1.807, 2.05) is 81.6 Å². The minimum absolute atomic E-state index is 0. The van der Waals surface area contributed by atoms with Crippen molar-refractivity contribution in [2.45, 2.75) is 179 Å². The summed E-state index contributed by atoms with van der Waals surface area (Å²) in [6, 6.07) is 20.5. The van der Waals surface area contributed by atoms with E-state index in [1.165, 1.54) is 12.1 Å². The molecule has 16 nitrogen and oxygen atoms in total. The summed E-state index contributed by atoms with van der Waals surface area (Å²) in [5.41, 5.74) is 1.94. The van der Waals surface area contributed by atoms with Crippen molar-refractivity contribution >= 4 is 77.2 Å². The topological polar surface area (TPSA) is 195 Å². The number of fused-ring (bicyclic) bond motifs is 6. The Bertz CT molecular complexity index is 3520. The lowest BCUT2D eigenvalue weighted by molar-refractivity contribution is 0.0130. The second kappa shape index (κ2) is 21.2. The molecule has 78 heavy (non-hydrogen) atoms. The molecule has 19 heteroatoms.